The fourth-order valence-electron chi connectivity index (χ4n) is 2.82. The molecule has 1 aliphatic carbocycles. The van der Waals surface area contributed by atoms with Gasteiger partial charge in [-0.15, -0.1) is 0 Å². The summed E-state index contributed by atoms with van der Waals surface area (Å²) in [7, 11) is 2.99. The normalized spacial score (nSPS) is 18.2. The van der Waals surface area contributed by atoms with Crippen molar-refractivity contribution in [3.63, 3.8) is 0 Å². The van der Waals surface area contributed by atoms with Crippen LogP contribution in [0, 0.1) is 5.82 Å². The van der Waals surface area contributed by atoms with Crippen molar-refractivity contribution in [3.8, 4) is 11.5 Å². The predicted octanol–water partition coefficient (Wildman–Crippen LogP) is 3.61. The van der Waals surface area contributed by atoms with Crippen molar-refractivity contribution in [2.24, 2.45) is 5.73 Å². The van der Waals surface area contributed by atoms with Crippen LogP contribution >= 0.6 is 11.6 Å². The highest BCUT2D eigenvalue weighted by atomic mass is 35.5. The summed E-state index contributed by atoms with van der Waals surface area (Å²) in [5.74, 6) is 0.275. The summed E-state index contributed by atoms with van der Waals surface area (Å²) in [5, 5.41) is 0.0167. The molecule has 0 atom stereocenters. The first-order valence-corrected chi connectivity index (χ1v) is 6.80. The van der Waals surface area contributed by atoms with E-state index >= 15 is 0 Å². The Hall–Kier alpha value is -1.00. The molecule has 1 aliphatic rings. The van der Waals surface area contributed by atoms with E-state index in [9.17, 15) is 4.39 Å². The molecule has 0 unspecified atom stereocenters. The molecule has 0 aromatic heterocycles. The Morgan fingerprint density at radius 3 is 2.37 bits per heavy atom. The Kier molecular flexibility index (Phi) is 4.21. The third-order valence-corrected chi connectivity index (χ3v) is 4.08. The van der Waals surface area contributed by atoms with Gasteiger partial charge in [0.05, 0.1) is 24.8 Å². The fourth-order valence-corrected chi connectivity index (χ4v) is 3.01. The monoisotopic (exact) mass is 287 g/mol. The minimum absolute atomic E-state index is 0.0167. The zero-order valence-electron chi connectivity index (χ0n) is 11.3. The third-order valence-electron chi connectivity index (χ3n) is 3.81. The molecule has 1 aromatic rings. The van der Waals surface area contributed by atoms with E-state index < -0.39 is 11.4 Å². The van der Waals surface area contributed by atoms with E-state index in [0.717, 1.165) is 32.1 Å². The summed E-state index contributed by atoms with van der Waals surface area (Å²) < 4.78 is 25.0. The van der Waals surface area contributed by atoms with Gasteiger partial charge in [-0.25, -0.2) is 4.39 Å². The summed E-state index contributed by atoms with van der Waals surface area (Å²) in [4.78, 5) is 0. The van der Waals surface area contributed by atoms with Crippen molar-refractivity contribution < 1.29 is 13.9 Å². The Bertz CT molecular complexity index is 473. The minimum atomic E-state index is -0.730. The molecule has 0 spiro atoms. The summed E-state index contributed by atoms with van der Waals surface area (Å²) in [6.45, 7) is 0. The van der Waals surface area contributed by atoms with Gasteiger partial charge in [-0.2, -0.15) is 0 Å². The summed E-state index contributed by atoms with van der Waals surface area (Å²) in [6.07, 6.45) is 4.54. The molecule has 19 heavy (non-hydrogen) atoms. The number of nitrogens with two attached hydrogens (primary N) is 1. The molecule has 106 valence electrons. The maximum atomic E-state index is 14.4. The second kappa shape index (κ2) is 5.55. The van der Waals surface area contributed by atoms with Crippen molar-refractivity contribution in [1.29, 1.82) is 0 Å². The molecule has 1 saturated carbocycles. The Morgan fingerprint density at radius 1 is 1.21 bits per heavy atom. The van der Waals surface area contributed by atoms with Crippen LogP contribution in [0.2, 0.25) is 5.02 Å². The SMILES string of the molecule is COc1cc(Cl)c(F)c(C2(N)CCCCC2)c1OC. The lowest BCUT2D eigenvalue weighted by Gasteiger charge is -2.35. The quantitative estimate of drug-likeness (QED) is 0.923. The van der Waals surface area contributed by atoms with E-state index in [2.05, 4.69) is 0 Å². The van der Waals surface area contributed by atoms with Crippen LogP contribution in [0.15, 0.2) is 6.07 Å². The molecule has 0 amide bonds. The molecule has 2 N–H and O–H groups in total. The van der Waals surface area contributed by atoms with Gasteiger partial charge < -0.3 is 15.2 Å². The van der Waals surface area contributed by atoms with Gasteiger partial charge in [-0.1, -0.05) is 30.9 Å². The molecular formula is C14H19ClFNO2. The molecular weight excluding hydrogens is 269 g/mol. The highest BCUT2D eigenvalue weighted by molar-refractivity contribution is 6.31. The molecule has 1 aromatic carbocycles. The zero-order valence-corrected chi connectivity index (χ0v) is 12.0. The van der Waals surface area contributed by atoms with Gasteiger partial charge in [-0.3, -0.25) is 0 Å². The van der Waals surface area contributed by atoms with E-state index in [1.807, 2.05) is 0 Å². The Balaban J connectivity index is 2.62. The van der Waals surface area contributed by atoms with E-state index in [4.69, 9.17) is 26.8 Å². The molecule has 0 aliphatic heterocycles. The highest BCUT2D eigenvalue weighted by Gasteiger charge is 2.37. The minimum Gasteiger partial charge on any atom is -0.493 e. The van der Waals surface area contributed by atoms with E-state index in [-0.39, 0.29) is 5.02 Å². The predicted molar refractivity (Wildman–Crippen MR) is 73.5 cm³/mol. The lowest BCUT2D eigenvalue weighted by molar-refractivity contribution is 0.272. The molecule has 3 nitrogen and oxygen atoms in total. The van der Waals surface area contributed by atoms with Gasteiger partial charge >= 0.3 is 0 Å². The van der Waals surface area contributed by atoms with Crippen LogP contribution in [0.3, 0.4) is 0 Å². The number of ether oxygens (including phenoxy) is 2. The molecule has 0 saturated heterocycles. The lowest BCUT2D eigenvalue weighted by atomic mass is 9.76. The third kappa shape index (κ3) is 2.51. The molecule has 0 heterocycles. The summed E-state index contributed by atoms with van der Waals surface area (Å²) in [5.41, 5.74) is 6.03. The van der Waals surface area contributed by atoms with Crippen molar-refractivity contribution in [1.82, 2.24) is 0 Å². The molecule has 1 fully saturated rings. The first-order chi connectivity index (χ1) is 9.03. The van der Waals surface area contributed by atoms with Crippen LogP contribution in [0.25, 0.3) is 0 Å². The van der Waals surface area contributed by atoms with Crippen molar-refractivity contribution in [3.05, 3.63) is 22.5 Å². The number of methoxy groups -OCH3 is 2. The van der Waals surface area contributed by atoms with Crippen LogP contribution in [0.5, 0.6) is 11.5 Å². The smallest absolute Gasteiger partial charge is 0.168 e. The van der Waals surface area contributed by atoms with Gasteiger partial charge in [0.15, 0.2) is 17.3 Å². The van der Waals surface area contributed by atoms with Crippen LogP contribution in [-0.4, -0.2) is 14.2 Å². The molecule has 2 rings (SSSR count). The van der Waals surface area contributed by atoms with Crippen molar-refractivity contribution >= 4 is 11.6 Å². The standard InChI is InChI=1S/C14H19ClFNO2/c1-18-10-8-9(15)12(16)11(13(10)19-2)14(17)6-4-3-5-7-14/h8H,3-7,17H2,1-2H3. The second-order valence-corrected chi connectivity index (χ2v) is 5.41. The van der Waals surface area contributed by atoms with E-state index in [1.165, 1.54) is 20.3 Å². The Morgan fingerprint density at radius 2 is 1.84 bits per heavy atom. The van der Waals surface area contributed by atoms with Gasteiger partial charge in [0.25, 0.3) is 0 Å². The topological polar surface area (TPSA) is 44.5 Å². The maximum absolute atomic E-state index is 14.4. The number of hydrogen-bond acceptors (Lipinski definition) is 3. The molecule has 0 radical (unpaired) electrons. The first kappa shape index (κ1) is 14.4. The average molecular weight is 288 g/mol. The van der Waals surface area contributed by atoms with E-state index in [0.29, 0.717) is 17.1 Å². The number of benzene rings is 1. The van der Waals surface area contributed by atoms with Crippen LogP contribution < -0.4 is 15.2 Å². The number of halogens is 2. The average Bonchev–Trinajstić information content (AvgIpc) is 2.41. The number of hydrogen-bond donors (Lipinski definition) is 1. The maximum Gasteiger partial charge on any atom is 0.168 e. The first-order valence-electron chi connectivity index (χ1n) is 6.43. The van der Waals surface area contributed by atoms with Crippen LogP contribution in [0.1, 0.15) is 37.7 Å². The van der Waals surface area contributed by atoms with E-state index in [1.54, 1.807) is 0 Å². The molecule has 0 bridgehead atoms. The van der Waals surface area contributed by atoms with Crippen LogP contribution in [-0.2, 0) is 5.54 Å². The van der Waals surface area contributed by atoms with Gasteiger partial charge in [0, 0.05) is 11.6 Å². The Labute approximate surface area is 117 Å². The molecule has 5 heteroatoms. The fraction of sp³-hybridized carbons (Fsp3) is 0.571. The van der Waals surface area contributed by atoms with Crippen molar-refractivity contribution in [2.75, 3.05) is 14.2 Å². The largest absolute Gasteiger partial charge is 0.493 e. The van der Waals surface area contributed by atoms with Crippen molar-refractivity contribution in [2.45, 2.75) is 37.6 Å². The lowest BCUT2D eigenvalue weighted by Crippen LogP contribution is -2.40. The van der Waals surface area contributed by atoms with Gasteiger partial charge in [0.1, 0.15) is 0 Å². The summed E-state index contributed by atoms with van der Waals surface area (Å²) >= 11 is 5.94. The highest BCUT2D eigenvalue weighted by Crippen LogP contribution is 2.46. The van der Waals surface area contributed by atoms with Crippen LogP contribution in [0.4, 0.5) is 4.39 Å². The zero-order chi connectivity index (χ0) is 14.0. The van der Waals surface area contributed by atoms with Gasteiger partial charge in [0.2, 0.25) is 0 Å². The number of rotatable bonds is 3. The summed E-state index contributed by atoms with van der Waals surface area (Å²) in [6, 6.07) is 1.42. The van der Waals surface area contributed by atoms with Gasteiger partial charge in [-0.05, 0) is 12.8 Å². The second-order valence-electron chi connectivity index (χ2n) is 5.00.